The first-order chi connectivity index (χ1) is 17.2. The van der Waals surface area contributed by atoms with E-state index >= 15 is 0 Å². The van der Waals surface area contributed by atoms with Crippen LogP contribution in [0.25, 0.3) is 22.0 Å². The van der Waals surface area contributed by atoms with Gasteiger partial charge in [-0.15, -0.1) is 0 Å². The molecule has 2 heterocycles. The van der Waals surface area contributed by atoms with Crippen molar-refractivity contribution in [1.82, 2.24) is 9.55 Å². The first kappa shape index (κ1) is 22.9. The second-order valence-electron chi connectivity index (χ2n) is 9.33. The summed E-state index contributed by atoms with van der Waals surface area (Å²) >= 11 is 0. The molecule has 0 spiro atoms. The molecule has 0 aliphatic rings. The number of aromatic nitrogens is 2. The molecule has 0 amide bonds. The number of para-hydroxylation sites is 1. The molecule has 3 heteroatoms. The minimum absolute atomic E-state index is 0.109. The van der Waals surface area contributed by atoms with E-state index < -0.39 is 0 Å². The van der Waals surface area contributed by atoms with Crippen LogP contribution in [0.1, 0.15) is 52.5 Å². The number of hydrogen-bond donors (Lipinski definition) is 1. The van der Waals surface area contributed by atoms with Gasteiger partial charge in [0, 0.05) is 46.7 Å². The van der Waals surface area contributed by atoms with Gasteiger partial charge in [-0.1, -0.05) is 91.7 Å². The Morgan fingerprint density at radius 1 is 0.886 bits per heavy atom. The third-order valence-corrected chi connectivity index (χ3v) is 6.88. The van der Waals surface area contributed by atoms with E-state index in [1.54, 1.807) is 0 Å². The van der Waals surface area contributed by atoms with E-state index in [-0.39, 0.29) is 5.78 Å². The zero-order valence-electron chi connectivity index (χ0n) is 20.6. The van der Waals surface area contributed by atoms with Crippen molar-refractivity contribution in [2.75, 3.05) is 0 Å². The van der Waals surface area contributed by atoms with Gasteiger partial charge in [0.25, 0.3) is 0 Å². The number of rotatable bonds is 9. The molecular weight excluding hydrogens is 428 g/mol. The summed E-state index contributed by atoms with van der Waals surface area (Å²) in [5.74, 6) is 0.109. The van der Waals surface area contributed by atoms with Crippen LogP contribution in [0, 0.1) is 6.92 Å². The SMILES string of the molecule is CCCCc1c(C(=O)c2ccccc2)c(-c2ccc(C)cc2)cn1CCc1c[nH]c2ccccc12. The van der Waals surface area contributed by atoms with Gasteiger partial charge >= 0.3 is 0 Å². The number of nitrogens with zero attached hydrogens (tertiary/aromatic N) is 1. The van der Waals surface area contributed by atoms with Crippen LogP contribution in [-0.4, -0.2) is 15.3 Å². The van der Waals surface area contributed by atoms with Crippen molar-refractivity contribution < 1.29 is 4.79 Å². The molecule has 2 aromatic heterocycles. The fourth-order valence-corrected chi connectivity index (χ4v) is 4.93. The van der Waals surface area contributed by atoms with Crippen LogP contribution in [-0.2, 0) is 19.4 Å². The van der Waals surface area contributed by atoms with Crippen molar-refractivity contribution in [3.63, 3.8) is 0 Å². The Kier molecular flexibility index (Phi) is 6.67. The molecule has 1 N–H and O–H groups in total. The number of ketones is 1. The van der Waals surface area contributed by atoms with E-state index in [0.717, 1.165) is 60.2 Å². The monoisotopic (exact) mass is 460 g/mol. The summed E-state index contributed by atoms with van der Waals surface area (Å²) in [4.78, 5) is 17.3. The fraction of sp³-hybridized carbons (Fsp3) is 0.219. The van der Waals surface area contributed by atoms with Gasteiger partial charge in [0.2, 0.25) is 0 Å². The maximum atomic E-state index is 13.9. The van der Waals surface area contributed by atoms with Crippen molar-refractivity contribution in [2.24, 2.45) is 0 Å². The fourth-order valence-electron chi connectivity index (χ4n) is 4.93. The first-order valence-corrected chi connectivity index (χ1v) is 12.6. The highest BCUT2D eigenvalue weighted by Gasteiger charge is 2.24. The predicted octanol–water partition coefficient (Wildman–Crippen LogP) is 7.76. The molecular formula is C32H32N2O. The minimum atomic E-state index is 0.109. The second kappa shape index (κ2) is 10.2. The van der Waals surface area contributed by atoms with Crippen molar-refractivity contribution in [1.29, 1.82) is 0 Å². The summed E-state index contributed by atoms with van der Waals surface area (Å²) in [6.07, 6.45) is 8.28. The highest BCUT2D eigenvalue weighted by Crippen LogP contribution is 2.32. The van der Waals surface area contributed by atoms with E-state index in [0.29, 0.717) is 0 Å². The molecule has 0 fully saturated rings. The largest absolute Gasteiger partial charge is 0.361 e. The normalized spacial score (nSPS) is 11.3. The number of carbonyl (C=O) groups is 1. The van der Waals surface area contributed by atoms with Gasteiger partial charge in [0.1, 0.15) is 0 Å². The summed E-state index contributed by atoms with van der Waals surface area (Å²) in [6.45, 7) is 5.14. The number of unbranched alkanes of at least 4 members (excludes halogenated alkanes) is 1. The standard InChI is InChI=1S/C32H32N2O/c1-3-4-14-30-31(32(35)25-10-6-5-7-11-25)28(24-17-15-23(2)16-18-24)22-34(30)20-19-26-21-33-29-13-9-8-12-27(26)29/h5-13,15-18,21-22,33H,3-4,14,19-20H2,1-2H3. The number of H-pyrrole nitrogens is 1. The summed E-state index contributed by atoms with van der Waals surface area (Å²) in [7, 11) is 0. The van der Waals surface area contributed by atoms with Gasteiger partial charge in [0.05, 0.1) is 5.56 Å². The maximum absolute atomic E-state index is 13.9. The van der Waals surface area contributed by atoms with E-state index in [1.165, 1.54) is 22.0 Å². The molecule has 0 atom stereocenters. The van der Waals surface area contributed by atoms with E-state index in [4.69, 9.17) is 0 Å². The van der Waals surface area contributed by atoms with Crippen LogP contribution in [0.2, 0.25) is 0 Å². The van der Waals surface area contributed by atoms with Crippen molar-refractivity contribution in [2.45, 2.75) is 46.1 Å². The third-order valence-electron chi connectivity index (χ3n) is 6.88. The maximum Gasteiger partial charge on any atom is 0.195 e. The molecule has 176 valence electrons. The average molecular weight is 461 g/mol. The molecule has 35 heavy (non-hydrogen) atoms. The Morgan fingerprint density at radius 3 is 2.40 bits per heavy atom. The lowest BCUT2D eigenvalue weighted by Crippen LogP contribution is -2.10. The molecule has 5 aromatic rings. The molecule has 0 aliphatic carbocycles. The number of hydrogen-bond acceptors (Lipinski definition) is 1. The van der Waals surface area contributed by atoms with Gasteiger partial charge in [-0.25, -0.2) is 0 Å². The molecule has 3 aromatic carbocycles. The van der Waals surface area contributed by atoms with Crippen LogP contribution < -0.4 is 0 Å². The number of benzene rings is 3. The van der Waals surface area contributed by atoms with Crippen LogP contribution >= 0.6 is 0 Å². The van der Waals surface area contributed by atoms with Crippen molar-refractivity contribution >= 4 is 16.7 Å². The molecule has 0 saturated carbocycles. The van der Waals surface area contributed by atoms with Crippen molar-refractivity contribution in [3.05, 3.63) is 119 Å². The lowest BCUT2D eigenvalue weighted by Gasteiger charge is -2.12. The Labute approximate surface area is 207 Å². The summed E-state index contributed by atoms with van der Waals surface area (Å²) in [5, 5.41) is 1.27. The Balaban J connectivity index is 1.60. The zero-order chi connectivity index (χ0) is 24.2. The van der Waals surface area contributed by atoms with Crippen LogP contribution in [0.5, 0.6) is 0 Å². The Hall–Kier alpha value is -3.85. The van der Waals surface area contributed by atoms with Crippen LogP contribution in [0.15, 0.2) is 91.3 Å². The summed E-state index contributed by atoms with van der Waals surface area (Å²) < 4.78 is 2.34. The van der Waals surface area contributed by atoms with Gasteiger partial charge < -0.3 is 9.55 Å². The number of fused-ring (bicyclic) bond motifs is 1. The first-order valence-electron chi connectivity index (χ1n) is 12.6. The molecule has 0 saturated heterocycles. The number of nitrogens with one attached hydrogen (secondary N) is 1. The summed E-state index contributed by atoms with van der Waals surface area (Å²) in [5.41, 5.74) is 8.57. The second-order valence-corrected chi connectivity index (χ2v) is 9.33. The molecule has 0 radical (unpaired) electrons. The Morgan fingerprint density at radius 2 is 1.63 bits per heavy atom. The third kappa shape index (κ3) is 4.72. The predicted molar refractivity (Wildman–Crippen MR) is 145 cm³/mol. The topological polar surface area (TPSA) is 37.8 Å². The molecule has 3 nitrogen and oxygen atoms in total. The Bertz CT molecular complexity index is 1440. The number of carbonyl (C=O) groups excluding carboxylic acids is 1. The van der Waals surface area contributed by atoms with Gasteiger partial charge in [-0.05, 0) is 43.4 Å². The highest BCUT2D eigenvalue weighted by atomic mass is 16.1. The lowest BCUT2D eigenvalue weighted by molar-refractivity contribution is 0.103. The van der Waals surface area contributed by atoms with Gasteiger partial charge in [-0.2, -0.15) is 0 Å². The van der Waals surface area contributed by atoms with E-state index in [9.17, 15) is 4.79 Å². The summed E-state index contributed by atoms with van der Waals surface area (Å²) in [6, 6.07) is 26.7. The zero-order valence-corrected chi connectivity index (χ0v) is 20.6. The van der Waals surface area contributed by atoms with Crippen LogP contribution in [0.3, 0.4) is 0 Å². The lowest BCUT2D eigenvalue weighted by atomic mass is 9.94. The quantitative estimate of drug-likeness (QED) is 0.224. The van der Waals surface area contributed by atoms with E-state index in [2.05, 4.69) is 84.3 Å². The van der Waals surface area contributed by atoms with Crippen LogP contribution in [0.4, 0.5) is 0 Å². The number of aromatic amines is 1. The minimum Gasteiger partial charge on any atom is -0.361 e. The number of aryl methyl sites for hydroxylation is 3. The molecule has 0 aliphatic heterocycles. The van der Waals surface area contributed by atoms with Crippen molar-refractivity contribution in [3.8, 4) is 11.1 Å². The smallest absolute Gasteiger partial charge is 0.195 e. The average Bonchev–Trinajstić information content (AvgIpc) is 3.48. The molecule has 0 unspecified atom stereocenters. The van der Waals surface area contributed by atoms with Gasteiger partial charge in [-0.3, -0.25) is 4.79 Å². The highest BCUT2D eigenvalue weighted by molar-refractivity contribution is 6.13. The molecule has 5 rings (SSSR count). The van der Waals surface area contributed by atoms with Gasteiger partial charge in [0.15, 0.2) is 5.78 Å². The molecule has 0 bridgehead atoms. The van der Waals surface area contributed by atoms with E-state index in [1.807, 2.05) is 30.3 Å².